The number of ether oxygens (including phenoxy) is 6. The lowest BCUT2D eigenvalue weighted by atomic mass is 9.99. The van der Waals surface area contributed by atoms with Crippen molar-refractivity contribution < 1.29 is 63.9 Å². The second-order valence-electron chi connectivity index (χ2n) is 7.57. The van der Waals surface area contributed by atoms with Crippen LogP contribution in [-0.2, 0) is 18.9 Å². The quantitative estimate of drug-likeness (QED) is 0.220. The SMILES string of the molecule is COC(=O)c1cc(OC)ccc1O[C@H]1O[C@@H](CO[C@@H]2OC[C@@H](O)[C@@H](O)[C@@H]2O)[C@H](O)[C@@H](O)[C@@H]1O. The predicted molar refractivity (Wildman–Crippen MR) is 105 cm³/mol. The highest BCUT2D eigenvalue weighted by Crippen LogP contribution is 2.30. The Kier molecular flexibility index (Phi) is 8.44. The van der Waals surface area contributed by atoms with Gasteiger partial charge in [-0.3, -0.25) is 0 Å². The molecule has 6 N–H and O–H groups in total. The van der Waals surface area contributed by atoms with Crippen molar-refractivity contribution in [1.82, 2.24) is 0 Å². The number of hydrogen-bond donors (Lipinski definition) is 6. The maximum Gasteiger partial charge on any atom is 0.341 e. The maximum absolute atomic E-state index is 12.1. The van der Waals surface area contributed by atoms with Crippen LogP contribution in [0.25, 0.3) is 0 Å². The van der Waals surface area contributed by atoms with Crippen LogP contribution in [-0.4, -0.2) is 119 Å². The molecule has 1 aromatic rings. The van der Waals surface area contributed by atoms with Gasteiger partial charge in [-0.05, 0) is 18.2 Å². The van der Waals surface area contributed by atoms with Gasteiger partial charge in [-0.25, -0.2) is 4.79 Å². The van der Waals surface area contributed by atoms with E-state index in [2.05, 4.69) is 0 Å². The van der Waals surface area contributed by atoms with Crippen molar-refractivity contribution >= 4 is 5.97 Å². The molecule has 3 rings (SSSR count). The number of rotatable bonds is 7. The second kappa shape index (κ2) is 10.9. The molecule has 13 heteroatoms. The van der Waals surface area contributed by atoms with Crippen LogP contribution in [0.4, 0.5) is 0 Å². The van der Waals surface area contributed by atoms with Gasteiger partial charge in [0.1, 0.15) is 59.8 Å². The first-order valence-corrected chi connectivity index (χ1v) is 10.1. The monoisotopic (exact) mass is 476 g/mol. The summed E-state index contributed by atoms with van der Waals surface area (Å²) in [7, 11) is 2.57. The van der Waals surface area contributed by atoms with Crippen molar-refractivity contribution in [1.29, 1.82) is 0 Å². The fourth-order valence-electron chi connectivity index (χ4n) is 3.40. The number of aliphatic hydroxyl groups excluding tert-OH is 6. The van der Waals surface area contributed by atoms with Gasteiger partial charge in [0.2, 0.25) is 6.29 Å². The van der Waals surface area contributed by atoms with Gasteiger partial charge >= 0.3 is 5.97 Å². The lowest BCUT2D eigenvalue weighted by Gasteiger charge is -2.41. The van der Waals surface area contributed by atoms with E-state index in [1.165, 1.54) is 32.4 Å². The number of carbonyl (C=O) groups excluding carboxylic acids is 1. The molecule has 186 valence electrons. The normalized spacial score (nSPS) is 36.8. The average Bonchev–Trinajstić information content (AvgIpc) is 2.82. The van der Waals surface area contributed by atoms with Crippen LogP contribution in [0.3, 0.4) is 0 Å². The summed E-state index contributed by atoms with van der Waals surface area (Å²) in [5.74, 6) is -0.454. The highest BCUT2D eigenvalue weighted by Gasteiger charge is 2.46. The van der Waals surface area contributed by atoms with Crippen LogP contribution in [0.1, 0.15) is 10.4 Å². The summed E-state index contributed by atoms with van der Waals surface area (Å²) in [6.07, 6.45) is -13.5. The topological polar surface area (TPSA) is 194 Å². The molecule has 13 nitrogen and oxygen atoms in total. The third-order valence-corrected chi connectivity index (χ3v) is 5.38. The van der Waals surface area contributed by atoms with Crippen molar-refractivity contribution in [2.24, 2.45) is 0 Å². The number of esters is 1. The van der Waals surface area contributed by atoms with Crippen molar-refractivity contribution in [3.63, 3.8) is 0 Å². The molecule has 2 heterocycles. The molecule has 2 aliphatic heterocycles. The molecular weight excluding hydrogens is 448 g/mol. The van der Waals surface area contributed by atoms with E-state index < -0.39 is 67.9 Å². The largest absolute Gasteiger partial charge is 0.497 e. The number of methoxy groups -OCH3 is 2. The first kappa shape index (κ1) is 25.6. The molecule has 0 saturated carbocycles. The number of carbonyl (C=O) groups is 1. The molecule has 0 unspecified atom stereocenters. The minimum Gasteiger partial charge on any atom is -0.497 e. The Morgan fingerprint density at radius 2 is 1.67 bits per heavy atom. The third kappa shape index (κ3) is 5.54. The first-order chi connectivity index (χ1) is 15.7. The molecule has 0 bridgehead atoms. The summed E-state index contributed by atoms with van der Waals surface area (Å²) >= 11 is 0. The molecule has 33 heavy (non-hydrogen) atoms. The van der Waals surface area contributed by atoms with Gasteiger partial charge in [0, 0.05) is 0 Å². The van der Waals surface area contributed by atoms with E-state index in [4.69, 9.17) is 28.4 Å². The van der Waals surface area contributed by atoms with Crippen molar-refractivity contribution in [3.8, 4) is 11.5 Å². The second-order valence-corrected chi connectivity index (χ2v) is 7.57. The number of hydrogen-bond acceptors (Lipinski definition) is 13. The Morgan fingerprint density at radius 1 is 0.970 bits per heavy atom. The predicted octanol–water partition coefficient (Wildman–Crippen LogP) is -2.88. The van der Waals surface area contributed by atoms with Crippen LogP contribution in [0.5, 0.6) is 11.5 Å². The molecule has 1 aromatic carbocycles. The number of benzene rings is 1. The van der Waals surface area contributed by atoms with Gasteiger partial charge < -0.3 is 59.1 Å². The molecule has 9 atom stereocenters. The average molecular weight is 476 g/mol. The first-order valence-electron chi connectivity index (χ1n) is 10.1. The lowest BCUT2D eigenvalue weighted by molar-refractivity contribution is -0.307. The summed E-state index contributed by atoms with van der Waals surface area (Å²) in [5, 5.41) is 60.1. The van der Waals surface area contributed by atoms with Crippen molar-refractivity contribution in [2.75, 3.05) is 27.4 Å². The fourth-order valence-corrected chi connectivity index (χ4v) is 3.40. The molecular formula is C20H28O13. The minimum absolute atomic E-state index is 0.0349. The highest BCUT2D eigenvalue weighted by atomic mass is 16.7. The van der Waals surface area contributed by atoms with Gasteiger partial charge in [-0.15, -0.1) is 0 Å². The van der Waals surface area contributed by atoms with E-state index in [9.17, 15) is 35.4 Å². The standard InChI is InChI=1S/C20H28O13/c1-28-8-3-4-11(9(5-8)18(27)29-2)32-20-17(26)15(24)14(23)12(33-20)7-31-19-16(25)13(22)10(21)6-30-19/h3-5,10,12-17,19-26H,6-7H2,1-2H3/t10-,12+,13-,14+,15-,16+,17+,19+,20+/m1/s1. The molecule has 0 aliphatic carbocycles. The van der Waals surface area contributed by atoms with E-state index >= 15 is 0 Å². The highest BCUT2D eigenvalue weighted by molar-refractivity contribution is 5.93. The van der Waals surface area contributed by atoms with Crippen LogP contribution < -0.4 is 9.47 Å². The van der Waals surface area contributed by atoms with Gasteiger partial charge in [0.15, 0.2) is 6.29 Å². The van der Waals surface area contributed by atoms with Crippen molar-refractivity contribution in [3.05, 3.63) is 23.8 Å². The van der Waals surface area contributed by atoms with Crippen molar-refractivity contribution in [2.45, 2.75) is 55.3 Å². The Balaban J connectivity index is 1.71. The molecule has 2 fully saturated rings. The summed E-state index contributed by atoms with van der Waals surface area (Å²) < 4.78 is 31.4. The van der Waals surface area contributed by atoms with E-state index in [1.807, 2.05) is 0 Å². The van der Waals surface area contributed by atoms with Crippen LogP contribution in [0.15, 0.2) is 18.2 Å². The third-order valence-electron chi connectivity index (χ3n) is 5.38. The van der Waals surface area contributed by atoms with E-state index in [-0.39, 0.29) is 17.9 Å². The van der Waals surface area contributed by atoms with Crippen LogP contribution in [0, 0.1) is 0 Å². The van der Waals surface area contributed by atoms with E-state index in [0.717, 1.165) is 0 Å². The summed E-state index contributed by atoms with van der Waals surface area (Å²) in [5.41, 5.74) is -0.0349. The van der Waals surface area contributed by atoms with Crippen LogP contribution >= 0.6 is 0 Å². The fraction of sp³-hybridized carbons (Fsp3) is 0.650. The smallest absolute Gasteiger partial charge is 0.341 e. The van der Waals surface area contributed by atoms with E-state index in [1.54, 1.807) is 0 Å². The van der Waals surface area contributed by atoms with E-state index in [0.29, 0.717) is 5.75 Å². The minimum atomic E-state index is -1.71. The summed E-state index contributed by atoms with van der Waals surface area (Å²) in [6, 6.07) is 4.22. The molecule has 0 aromatic heterocycles. The molecule has 0 amide bonds. The Bertz CT molecular complexity index is 804. The zero-order chi connectivity index (χ0) is 24.3. The summed E-state index contributed by atoms with van der Waals surface area (Å²) in [6.45, 7) is -0.736. The lowest BCUT2D eigenvalue weighted by Crippen LogP contribution is -2.61. The van der Waals surface area contributed by atoms with Gasteiger partial charge in [0.25, 0.3) is 0 Å². The van der Waals surface area contributed by atoms with Gasteiger partial charge in [-0.2, -0.15) is 0 Å². The molecule has 0 radical (unpaired) electrons. The maximum atomic E-state index is 12.1. The number of aliphatic hydroxyl groups is 6. The molecule has 2 saturated heterocycles. The Hall–Kier alpha value is -2.07. The zero-order valence-electron chi connectivity index (χ0n) is 17.9. The van der Waals surface area contributed by atoms with Gasteiger partial charge in [-0.1, -0.05) is 0 Å². The molecule has 2 aliphatic rings. The Morgan fingerprint density at radius 3 is 2.33 bits per heavy atom. The van der Waals surface area contributed by atoms with Crippen LogP contribution in [0.2, 0.25) is 0 Å². The molecule has 0 spiro atoms. The zero-order valence-corrected chi connectivity index (χ0v) is 17.9. The summed E-state index contributed by atoms with van der Waals surface area (Å²) in [4.78, 5) is 12.1. The Labute approximate surface area is 188 Å². The van der Waals surface area contributed by atoms with Gasteiger partial charge in [0.05, 0.1) is 27.4 Å².